The highest BCUT2D eigenvalue weighted by Crippen LogP contribution is 2.33. The van der Waals surface area contributed by atoms with Crippen molar-refractivity contribution in [3.63, 3.8) is 0 Å². The van der Waals surface area contributed by atoms with E-state index in [-0.39, 0.29) is 16.7 Å². The molecule has 0 saturated carbocycles. The maximum atomic E-state index is 12.4. The van der Waals surface area contributed by atoms with Crippen LogP contribution in [0, 0.1) is 0 Å². The molecule has 0 aromatic carbocycles. The van der Waals surface area contributed by atoms with Crippen molar-refractivity contribution in [1.29, 1.82) is 0 Å². The first-order valence-electron chi connectivity index (χ1n) is 3.42. The lowest BCUT2D eigenvalue weighted by Crippen LogP contribution is -2.04. The van der Waals surface area contributed by atoms with Gasteiger partial charge in [-0.05, 0) is 15.9 Å². The second-order valence-electron chi connectivity index (χ2n) is 2.33. The van der Waals surface area contributed by atoms with Crippen LogP contribution in [0.5, 0.6) is 5.75 Å². The summed E-state index contributed by atoms with van der Waals surface area (Å²) in [5.41, 5.74) is 4.92. The fourth-order valence-electron chi connectivity index (χ4n) is 0.969. The fraction of sp³-hybridized carbons (Fsp3) is 0.286. The molecule has 3 nitrogen and oxygen atoms in total. The predicted octanol–water partition coefficient (Wildman–Crippen LogP) is 1.95. The molecule has 0 aliphatic heterocycles. The number of aromatic nitrogens is 1. The summed E-state index contributed by atoms with van der Waals surface area (Å²) in [6.45, 7) is -0.0956. The van der Waals surface area contributed by atoms with Gasteiger partial charge in [-0.15, -0.1) is 0 Å². The largest absolute Gasteiger partial charge is 0.506 e. The van der Waals surface area contributed by atoms with E-state index in [0.29, 0.717) is 0 Å². The number of halogens is 3. The zero-order chi connectivity index (χ0) is 10.0. The van der Waals surface area contributed by atoms with Crippen LogP contribution in [0.4, 0.5) is 8.78 Å². The van der Waals surface area contributed by atoms with Crippen LogP contribution in [0.3, 0.4) is 0 Å². The van der Waals surface area contributed by atoms with E-state index < -0.39 is 17.7 Å². The van der Waals surface area contributed by atoms with Crippen LogP contribution in [0.25, 0.3) is 0 Å². The minimum atomic E-state index is -2.75. The first-order chi connectivity index (χ1) is 6.07. The zero-order valence-corrected chi connectivity index (χ0v) is 8.05. The van der Waals surface area contributed by atoms with Crippen molar-refractivity contribution in [3.8, 4) is 5.75 Å². The summed E-state index contributed by atoms with van der Waals surface area (Å²) in [6.07, 6.45) is -1.79. The maximum Gasteiger partial charge on any atom is 0.267 e. The molecule has 1 heterocycles. The molecule has 0 aliphatic rings. The van der Waals surface area contributed by atoms with Crippen LogP contribution < -0.4 is 5.73 Å². The lowest BCUT2D eigenvalue weighted by Gasteiger charge is -2.09. The summed E-state index contributed by atoms with van der Waals surface area (Å²) in [5, 5.41) is 9.10. The zero-order valence-electron chi connectivity index (χ0n) is 6.47. The van der Waals surface area contributed by atoms with E-state index in [4.69, 9.17) is 10.8 Å². The van der Waals surface area contributed by atoms with Gasteiger partial charge >= 0.3 is 0 Å². The number of aromatic hydroxyl groups is 1. The summed E-state index contributed by atoms with van der Waals surface area (Å²) in [7, 11) is 0. The standard InChI is InChI=1S/C7H7BrF2N2O/c8-6-3(1-11)5(7(9)10)4(13)2-12-6/h2,7,13H,1,11H2. The average molecular weight is 253 g/mol. The van der Waals surface area contributed by atoms with Crippen molar-refractivity contribution in [3.05, 3.63) is 21.9 Å². The highest BCUT2D eigenvalue weighted by Gasteiger charge is 2.19. The molecule has 13 heavy (non-hydrogen) atoms. The third-order valence-electron chi connectivity index (χ3n) is 1.57. The lowest BCUT2D eigenvalue weighted by molar-refractivity contribution is 0.146. The Hall–Kier alpha value is -0.750. The second-order valence-corrected chi connectivity index (χ2v) is 3.08. The summed E-state index contributed by atoms with van der Waals surface area (Å²) in [6, 6.07) is 0. The van der Waals surface area contributed by atoms with Crippen molar-refractivity contribution < 1.29 is 13.9 Å². The van der Waals surface area contributed by atoms with Gasteiger partial charge in [-0.2, -0.15) is 0 Å². The Kier molecular flexibility index (Phi) is 3.16. The Morgan fingerprint density at radius 1 is 1.62 bits per heavy atom. The Morgan fingerprint density at radius 2 is 2.23 bits per heavy atom. The van der Waals surface area contributed by atoms with Crippen LogP contribution in [-0.2, 0) is 6.54 Å². The van der Waals surface area contributed by atoms with E-state index in [2.05, 4.69) is 20.9 Å². The van der Waals surface area contributed by atoms with Gasteiger partial charge in [0.2, 0.25) is 0 Å². The van der Waals surface area contributed by atoms with Crippen molar-refractivity contribution in [2.75, 3.05) is 0 Å². The quantitative estimate of drug-likeness (QED) is 0.792. The third-order valence-corrected chi connectivity index (χ3v) is 2.26. The highest BCUT2D eigenvalue weighted by atomic mass is 79.9. The van der Waals surface area contributed by atoms with E-state index in [9.17, 15) is 8.78 Å². The van der Waals surface area contributed by atoms with Crippen LogP contribution >= 0.6 is 15.9 Å². The van der Waals surface area contributed by atoms with E-state index in [1.165, 1.54) is 0 Å². The molecule has 0 atom stereocenters. The van der Waals surface area contributed by atoms with Crippen LogP contribution in [-0.4, -0.2) is 10.1 Å². The highest BCUT2D eigenvalue weighted by molar-refractivity contribution is 9.10. The molecule has 72 valence electrons. The number of hydrogen-bond donors (Lipinski definition) is 2. The number of hydrogen-bond acceptors (Lipinski definition) is 3. The van der Waals surface area contributed by atoms with Gasteiger partial charge in [0.05, 0.1) is 11.8 Å². The maximum absolute atomic E-state index is 12.4. The molecule has 0 aliphatic carbocycles. The molecule has 0 spiro atoms. The molecular formula is C7H7BrF2N2O. The van der Waals surface area contributed by atoms with E-state index in [0.717, 1.165) is 6.20 Å². The van der Waals surface area contributed by atoms with Crippen LogP contribution in [0.1, 0.15) is 17.6 Å². The normalized spacial score (nSPS) is 10.8. The number of pyridine rings is 1. The third kappa shape index (κ3) is 1.94. The van der Waals surface area contributed by atoms with Crippen molar-refractivity contribution in [2.24, 2.45) is 5.73 Å². The topological polar surface area (TPSA) is 59.1 Å². The van der Waals surface area contributed by atoms with Crippen molar-refractivity contribution in [1.82, 2.24) is 4.98 Å². The van der Waals surface area contributed by atoms with Crippen LogP contribution in [0.15, 0.2) is 10.8 Å². The van der Waals surface area contributed by atoms with E-state index in [1.807, 2.05) is 0 Å². The molecule has 0 bridgehead atoms. The van der Waals surface area contributed by atoms with Gasteiger partial charge in [0.1, 0.15) is 10.4 Å². The van der Waals surface area contributed by atoms with Crippen LogP contribution in [0.2, 0.25) is 0 Å². The SMILES string of the molecule is NCc1c(Br)ncc(O)c1C(F)F. The molecule has 1 aromatic rings. The van der Waals surface area contributed by atoms with Gasteiger partial charge in [-0.3, -0.25) is 0 Å². The molecule has 1 aromatic heterocycles. The van der Waals surface area contributed by atoms with Gasteiger partial charge in [0.15, 0.2) is 0 Å². The van der Waals surface area contributed by atoms with E-state index in [1.54, 1.807) is 0 Å². The first kappa shape index (κ1) is 10.3. The Morgan fingerprint density at radius 3 is 2.62 bits per heavy atom. The monoisotopic (exact) mass is 252 g/mol. The summed E-state index contributed by atoms with van der Waals surface area (Å²) in [5.74, 6) is -0.529. The molecule has 0 unspecified atom stereocenters. The van der Waals surface area contributed by atoms with Crippen molar-refractivity contribution in [2.45, 2.75) is 13.0 Å². The summed E-state index contributed by atoms with van der Waals surface area (Å²) in [4.78, 5) is 3.65. The predicted molar refractivity (Wildman–Crippen MR) is 46.5 cm³/mol. The number of nitrogens with zero attached hydrogens (tertiary/aromatic N) is 1. The molecule has 1 rings (SSSR count). The van der Waals surface area contributed by atoms with Gasteiger partial charge in [0, 0.05) is 12.1 Å². The van der Waals surface area contributed by atoms with Crippen molar-refractivity contribution >= 4 is 15.9 Å². The number of nitrogens with two attached hydrogens (primary N) is 1. The fourth-order valence-corrected chi connectivity index (χ4v) is 1.45. The van der Waals surface area contributed by atoms with Gasteiger partial charge in [-0.25, -0.2) is 13.8 Å². The average Bonchev–Trinajstić information content (AvgIpc) is 2.07. The first-order valence-corrected chi connectivity index (χ1v) is 4.21. The lowest BCUT2D eigenvalue weighted by atomic mass is 10.1. The Labute approximate surface area is 81.7 Å². The molecule has 0 fully saturated rings. The summed E-state index contributed by atoms with van der Waals surface area (Å²) >= 11 is 2.97. The molecule has 0 amide bonds. The minimum Gasteiger partial charge on any atom is -0.506 e. The second kappa shape index (κ2) is 3.97. The van der Waals surface area contributed by atoms with Gasteiger partial charge in [-0.1, -0.05) is 0 Å². The van der Waals surface area contributed by atoms with Gasteiger partial charge < -0.3 is 10.8 Å². The van der Waals surface area contributed by atoms with Gasteiger partial charge in [0.25, 0.3) is 6.43 Å². The summed E-state index contributed by atoms with van der Waals surface area (Å²) < 4.78 is 25.0. The Bertz CT molecular complexity index is 320. The molecular weight excluding hydrogens is 246 g/mol. The molecule has 0 saturated heterocycles. The smallest absolute Gasteiger partial charge is 0.267 e. The Balaban J connectivity index is 3.35. The minimum absolute atomic E-state index is 0.0956. The number of rotatable bonds is 2. The molecule has 3 N–H and O–H groups in total. The number of alkyl halides is 2. The van der Waals surface area contributed by atoms with E-state index >= 15 is 0 Å². The molecule has 6 heteroatoms. The molecule has 0 radical (unpaired) electrons.